The number of anilines is 1. The van der Waals surface area contributed by atoms with E-state index >= 15 is 0 Å². The molecule has 2 aromatic rings. The largest absolute Gasteiger partial charge is 0.335 e. The van der Waals surface area contributed by atoms with Crippen LogP contribution in [-0.4, -0.2) is 71.8 Å². The highest BCUT2D eigenvalue weighted by atomic mass is 32.1. The summed E-state index contributed by atoms with van der Waals surface area (Å²) in [5.41, 5.74) is 0.978. The second-order valence-electron chi connectivity index (χ2n) is 7.59. The number of piperidine rings is 1. The Morgan fingerprint density at radius 3 is 2.13 bits per heavy atom. The maximum absolute atomic E-state index is 13.1. The number of piperazine rings is 1. The molecule has 30 heavy (non-hydrogen) atoms. The van der Waals surface area contributed by atoms with Gasteiger partial charge in [-0.25, -0.2) is 4.79 Å². The predicted molar refractivity (Wildman–Crippen MR) is 117 cm³/mol. The molecule has 0 saturated carbocycles. The van der Waals surface area contributed by atoms with Crippen LogP contribution in [0.5, 0.6) is 0 Å². The van der Waals surface area contributed by atoms with Crippen molar-refractivity contribution in [2.45, 2.75) is 19.3 Å². The Kier molecular flexibility index (Phi) is 6.32. The second kappa shape index (κ2) is 9.30. The summed E-state index contributed by atoms with van der Waals surface area (Å²) in [5.74, 6) is -0.343. The Morgan fingerprint density at radius 2 is 1.43 bits per heavy atom. The van der Waals surface area contributed by atoms with Gasteiger partial charge in [0.15, 0.2) is 0 Å². The van der Waals surface area contributed by atoms with Crippen molar-refractivity contribution in [1.29, 1.82) is 0 Å². The van der Waals surface area contributed by atoms with Crippen molar-refractivity contribution in [2.75, 3.05) is 44.6 Å². The molecule has 1 aromatic carbocycles. The highest BCUT2D eigenvalue weighted by Gasteiger charge is 2.29. The Bertz CT molecular complexity index is 901. The summed E-state index contributed by atoms with van der Waals surface area (Å²) in [7, 11) is 0. The minimum Gasteiger partial charge on any atom is -0.335 e. The number of para-hydroxylation sites is 1. The van der Waals surface area contributed by atoms with Gasteiger partial charge in [0.05, 0.1) is 16.1 Å². The van der Waals surface area contributed by atoms with Gasteiger partial charge >= 0.3 is 6.03 Å². The summed E-state index contributed by atoms with van der Waals surface area (Å²) < 4.78 is 0. The molecule has 0 atom stereocenters. The fourth-order valence-electron chi connectivity index (χ4n) is 3.93. The van der Waals surface area contributed by atoms with Gasteiger partial charge in [0, 0.05) is 39.3 Å². The van der Waals surface area contributed by atoms with Crippen molar-refractivity contribution in [3.8, 4) is 0 Å². The highest BCUT2D eigenvalue weighted by molar-refractivity contribution is 7.12. The zero-order chi connectivity index (χ0) is 20.9. The normalized spacial score (nSPS) is 17.0. The summed E-state index contributed by atoms with van der Waals surface area (Å²) >= 11 is 1.36. The molecule has 7 nitrogen and oxygen atoms in total. The molecule has 8 heteroatoms. The van der Waals surface area contributed by atoms with Crippen molar-refractivity contribution in [1.82, 2.24) is 14.7 Å². The van der Waals surface area contributed by atoms with E-state index in [0.717, 1.165) is 25.9 Å². The van der Waals surface area contributed by atoms with Crippen LogP contribution in [0.4, 0.5) is 10.5 Å². The number of hydrogen-bond donors (Lipinski definition) is 1. The first kappa shape index (κ1) is 20.4. The molecular weight excluding hydrogens is 400 g/mol. The Labute approximate surface area is 180 Å². The van der Waals surface area contributed by atoms with Crippen LogP contribution in [0, 0.1) is 0 Å². The smallest absolute Gasteiger partial charge is 0.320 e. The first-order chi connectivity index (χ1) is 14.6. The van der Waals surface area contributed by atoms with Crippen LogP contribution in [0.15, 0.2) is 41.8 Å². The molecule has 0 spiro atoms. The number of carbonyl (C=O) groups is 3. The van der Waals surface area contributed by atoms with Crippen molar-refractivity contribution in [3.05, 3.63) is 52.2 Å². The number of amides is 4. The Hall–Kier alpha value is -2.87. The number of urea groups is 1. The third-order valence-corrected chi connectivity index (χ3v) is 6.48. The number of thiophene rings is 1. The third kappa shape index (κ3) is 4.48. The second-order valence-corrected chi connectivity index (χ2v) is 8.53. The van der Waals surface area contributed by atoms with E-state index in [-0.39, 0.29) is 17.8 Å². The van der Waals surface area contributed by atoms with Crippen LogP contribution >= 0.6 is 11.3 Å². The lowest BCUT2D eigenvalue weighted by Gasteiger charge is -2.38. The van der Waals surface area contributed by atoms with Gasteiger partial charge in [-0.1, -0.05) is 18.2 Å². The molecule has 0 aliphatic carbocycles. The average molecular weight is 427 g/mol. The maximum Gasteiger partial charge on any atom is 0.320 e. The predicted octanol–water partition coefficient (Wildman–Crippen LogP) is 3.36. The third-order valence-electron chi connectivity index (χ3n) is 5.61. The van der Waals surface area contributed by atoms with E-state index in [1.807, 2.05) is 21.2 Å². The molecule has 0 radical (unpaired) electrons. The van der Waals surface area contributed by atoms with Crippen molar-refractivity contribution in [3.63, 3.8) is 0 Å². The zero-order valence-corrected chi connectivity index (χ0v) is 17.7. The van der Waals surface area contributed by atoms with Crippen LogP contribution in [0.3, 0.4) is 0 Å². The van der Waals surface area contributed by atoms with Gasteiger partial charge in [0.25, 0.3) is 11.8 Å². The molecule has 1 N–H and O–H groups in total. The summed E-state index contributed by atoms with van der Waals surface area (Å²) in [4.78, 5) is 44.4. The lowest BCUT2D eigenvalue weighted by Crippen LogP contribution is -2.54. The van der Waals surface area contributed by atoms with E-state index in [9.17, 15) is 14.4 Å². The van der Waals surface area contributed by atoms with Gasteiger partial charge in [-0.3, -0.25) is 9.59 Å². The summed E-state index contributed by atoms with van der Waals surface area (Å²) in [6, 6.07) is 10.7. The number of nitrogens with one attached hydrogen (secondary N) is 1. The average Bonchev–Trinajstić information content (AvgIpc) is 3.34. The molecular formula is C22H26N4O3S. The van der Waals surface area contributed by atoms with Crippen LogP contribution in [0.25, 0.3) is 0 Å². The Morgan fingerprint density at radius 1 is 0.767 bits per heavy atom. The number of hydrogen-bond acceptors (Lipinski definition) is 4. The van der Waals surface area contributed by atoms with Gasteiger partial charge in [0.1, 0.15) is 0 Å². The van der Waals surface area contributed by atoms with Crippen molar-refractivity contribution >= 4 is 34.9 Å². The number of rotatable bonds is 3. The van der Waals surface area contributed by atoms with Crippen LogP contribution in [0.1, 0.15) is 39.3 Å². The zero-order valence-electron chi connectivity index (χ0n) is 16.9. The first-order valence-corrected chi connectivity index (χ1v) is 11.3. The van der Waals surface area contributed by atoms with E-state index in [2.05, 4.69) is 5.32 Å². The molecule has 4 rings (SSSR count). The minimum atomic E-state index is -0.220. The van der Waals surface area contributed by atoms with E-state index in [0.29, 0.717) is 42.3 Å². The fraction of sp³-hybridized carbons (Fsp3) is 0.409. The van der Waals surface area contributed by atoms with E-state index in [1.165, 1.54) is 17.8 Å². The van der Waals surface area contributed by atoms with Gasteiger partial charge in [0.2, 0.25) is 0 Å². The summed E-state index contributed by atoms with van der Waals surface area (Å²) in [5, 5.41) is 4.70. The topological polar surface area (TPSA) is 73.0 Å². The fourth-order valence-corrected chi connectivity index (χ4v) is 4.55. The van der Waals surface area contributed by atoms with Crippen LogP contribution in [0.2, 0.25) is 0 Å². The summed E-state index contributed by atoms with van der Waals surface area (Å²) in [6.45, 7) is 3.71. The first-order valence-electron chi connectivity index (χ1n) is 10.4. The number of carbonyl (C=O) groups excluding carboxylic acids is 3. The minimum absolute atomic E-state index is 0.0883. The lowest BCUT2D eigenvalue weighted by molar-refractivity contribution is 0.0634. The van der Waals surface area contributed by atoms with Gasteiger partial charge in [-0.05, 0) is 42.8 Å². The highest BCUT2D eigenvalue weighted by Crippen LogP contribution is 2.21. The maximum atomic E-state index is 13.1. The molecule has 2 fully saturated rings. The quantitative estimate of drug-likeness (QED) is 0.818. The number of benzene rings is 1. The Balaban J connectivity index is 1.38. The van der Waals surface area contributed by atoms with Crippen LogP contribution in [-0.2, 0) is 0 Å². The van der Waals surface area contributed by atoms with Gasteiger partial charge in [-0.2, -0.15) is 0 Å². The standard InChI is InChI=1S/C22H26N4O3S/c27-20(19-9-6-16-30-19)23-18-8-3-2-7-17(18)21(28)24-12-14-26(15-13-24)22(29)25-10-4-1-5-11-25/h2-3,6-9,16H,1,4-5,10-15H2,(H,23,27). The van der Waals surface area contributed by atoms with E-state index in [4.69, 9.17) is 0 Å². The number of likely N-dealkylation sites (tertiary alicyclic amines) is 1. The number of nitrogens with zero attached hydrogens (tertiary/aromatic N) is 3. The SMILES string of the molecule is O=C(Nc1ccccc1C(=O)N1CCN(C(=O)N2CCCCC2)CC1)c1cccs1. The molecule has 2 aliphatic heterocycles. The molecule has 2 aliphatic rings. The van der Waals surface area contributed by atoms with Gasteiger partial charge < -0.3 is 20.0 Å². The monoisotopic (exact) mass is 426 g/mol. The van der Waals surface area contributed by atoms with E-state index < -0.39 is 0 Å². The molecule has 2 saturated heterocycles. The van der Waals surface area contributed by atoms with Crippen LogP contribution < -0.4 is 5.32 Å². The van der Waals surface area contributed by atoms with E-state index in [1.54, 1.807) is 35.2 Å². The molecule has 3 heterocycles. The lowest BCUT2D eigenvalue weighted by atomic mass is 10.1. The molecule has 1 aromatic heterocycles. The summed E-state index contributed by atoms with van der Waals surface area (Å²) in [6.07, 6.45) is 3.32. The molecule has 158 valence electrons. The molecule has 4 amide bonds. The molecule has 0 bridgehead atoms. The van der Waals surface area contributed by atoms with Crippen molar-refractivity contribution in [2.24, 2.45) is 0 Å². The molecule has 0 unspecified atom stereocenters. The van der Waals surface area contributed by atoms with Crippen molar-refractivity contribution < 1.29 is 14.4 Å². The van der Waals surface area contributed by atoms with Gasteiger partial charge in [-0.15, -0.1) is 11.3 Å².